The van der Waals surface area contributed by atoms with E-state index in [1.54, 1.807) is 13.8 Å². The number of benzene rings is 1. The van der Waals surface area contributed by atoms with Crippen molar-refractivity contribution in [2.45, 2.75) is 33.1 Å². The van der Waals surface area contributed by atoms with E-state index in [1.165, 1.54) is 0 Å². The molecule has 1 aromatic carbocycles. The van der Waals surface area contributed by atoms with Gasteiger partial charge in [0.05, 0.1) is 13.2 Å². The van der Waals surface area contributed by atoms with Crippen LogP contribution in [0.15, 0.2) is 54.1 Å². The molecule has 128 valence electrons. The topological polar surface area (TPSA) is 52.6 Å². The molecule has 0 aliphatic heterocycles. The maximum Gasteiger partial charge on any atom is 0.324 e. The zero-order valence-electron chi connectivity index (χ0n) is 14.5. The number of carbonyl (C=O) groups is 2. The summed E-state index contributed by atoms with van der Waals surface area (Å²) in [6.07, 6.45) is 2.21. The molecule has 1 atom stereocenters. The molecule has 0 fully saturated rings. The average molecular weight is 328 g/mol. The molecule has 1 aliphatic rings. The Bertz CT molecular complexity index is 639. The highest BCUT2D eigenvalue weighted by molar-refractivity contribution is 6.02. The molecule has 0 N–H and O–H groups in total. The van der Waals surface area contributed by atoms with E-state index in [-0.39, 0.29) is 19.6 Å². The van der Waals surface area contributed by atoms with Crippen LogP contribution in [0.4, 0.5) is 0 Å². The van der Waals surface area contributed by atoms with Gasteiger partial charge in [0.15, 0.2) is 5.41 Å². The number of ether oxygens (including phenoxy) is 2. The van der Waals surface area contributed by atoms with Crippen molar-refractivity contribution in [3.63, 3.8) is 0 Å². The van der Waals surface area contributed by atoms with E-state index in [1.807, 2.05) is 43.3 Å². The van der Waals surface area contributed by atoms with Crippen LogP contribution in [0.3, 0.4) is 0 Å². The summed E-state index contributed by atoms with van der Waals surface area (Å²) in [6, 6.07) is 9.46. The molecule has 4 heteroatoms. The predicted molar refractivity (Wildman–Crippen MR) is 92.4 cm³/mol. The summed E-state index contributed by atoms with van der Waals surface area (Å²) in [6.45, 7) is 9.87. The van der Waals surface area contributed by atoms with E-state index in [2.05, 4.69) is 6.58 Å². The highest BCUT2D eigenvalue weighted by atomic mass is 16.6. The zero-order chi connectivity index (χ0) is 17.7. The number of hydrogen-bond acceptors (Lipinski definition) is 4. The van der Waals surface area contributed by atoms with Gasteiger partial charge in [0, 0.05) is 5.92 Å². The van der Waals surface area contributed by atoms with Crippen LogP contribution in [0.1, 0.15) is 38.7 Å². The van der Waals surface area contributed by atoms with E-state index in [4.69, 9.17) is 9.47 Å². The van der Waals surface area contributed by atoms with Crippen LogP contribution in [0.2, 0.25) is 0 Å². The maximum atomic E-state index is 12.9. The third-order valence-electron chi connectivity index (χ3n) is 4.27. The molecule has 0 saturated heterocycles. The van der Waals surface area contributed by atoms with Gasteiger partial charge in [-0.15, -0.1) is 0 Å². The minimum Gasteiger partial charge on any atom is -0.465 e. The van der Waals surface area contributed by atoms with Crippen LogP contribution < -0.4 is 0 Å². The van der Waals surface area contributed by atoms with Gasteiger partial charge in [0.1, 0.15) is 0 Å². The highest BCUT2D eigenvalue weighted by Crippen LogP contribution is 2.50. The minimum absolute atomic E-state index is 0.205. The first-order chi connectivity index (χ1) is 11.5. The zero-order valence-corrected chi connectivity index (χ0v) is 14.5. The van der Waals surface area contributed by atoms with E-state index in [9.17, 15) is 9.59 Å². The molecule has 0 saturated carbocycles. The molecule has 0 aromatic heterocycles. The van der Waals surface area contributed by atoms with Gasteiger partial charge in [-0.1, -0.05) is 48.6 Å². The third kappa shape index (κ3) is 3.14. The number of allylic oxidation sites excluding steroid dienone is 3. The lowest BCUT2D eigenvalue weighted by atomic mass is 9.62. The molecule has 24 heavy (non-hydrogen) atoms. The van der Waals surface area contributed by atoms with Crippen molar-refractivity contribution in [1.82, 2.24) is 0 Å². The summed E-state index contributed by atoms with van der Waals surface area (Å²) >= 11 is 0. The Labute approximate surface area is 143 Å². The fraction of sp³-hybridized carbons (Fsp3) is 0.400. The first-order valence-corrected chi connectivity index (χ1v) is 8.22. The monoisotopic (exact) mass is 328 g/mol. The normalized spacial score (nSPS) is 19.4. The lowest BCUT2D eigenvalue weighted by molar-refractivity contribution is -0.173. The van der Waals surface area contributed by atoms with E-state index in [0.717, 1.165) is 11.1 Å². The molecule has 4 nitrogen and oxygen atoms in total. The van der Waals surface area contributed by atoms with E-state index < -0.39 is 23.3 Å². The standard InChI is InChI=1S/C20H24O4/c1-5-23-18(21)20(19(22)24-6-2)13-14(3)12-15(4)17(20)16-10-8-7-9-11-16/h7-12,17H,4-6,13H2,1-3H3. The van der Waals surface area contributed by atoms with Crippen molar-refractivity contribution in [3.05, 3.63) is 59.7 Å². The van der Waals surface area contributed by atoms with Crippen LogP contribution in [-0.4, -0.2) is 25.2 Å². The smallest absolute Gasteiger partial charge is 0.324 e. The van der Waals surface area contributed by atoms with Crippen LogP contribution in [0, 0.1) is 5.41 Å². The van der Waals surface area contributed by atoms with Gasteiger partial charge >= 0.3 is 11.9 Å². The Morgan fingerprint density at radius 1 is 1.12 bits per heavy atom. The van der Waals surface area contributed by atoms with Crippen molar-refractivity contribution in [2.75, 3.05) is 13.2 Å². The molecule has 1 aliphatic carbocycles. The Hall–Kier alpha value is -2.36. The summed E-state index contributed by atoms with van der Waals surface area (Å²) < 4.78 is 10.6. The molecule has 0 bridgehead atoms. The van der Waals surface area contributed by atoms with E-state index in [0.29, 0.717) is 5.57 Å². The number of esters is 2. The molecule has 1 aromatic rings. The quantitative estimate of drug-likeness (QED) is 0.609. The van der Waals surface area contributed by atoms with Gasteiger partial charge in [-0.3, -0.25) is 9.59 Å². The molecule has 0 radical (unpaired) electrons. The van der Waals surface area contributed by atoms with Crippen molar-refractivity contribution in [3.8, 4) is 0 Å². The maximum absolute atomic E-state index is 12.9. The first-order valence-electron chi connectivity index (χ1n) is 8.22. The van der Waals surface area contributed by atoms with Crippen LogP contribution in [-0.2, 0) is 19.1 Å². The largest absolute Gasteiger partial charge is 0.465 e. The SMILES string of the molecule is C=C1C=C(C)CC(C(=O)OCC)(C(=O)OCC)C1c1ccccc1. The summed E-state index contributed by atoms with van der Waals surface area (Å²) in [5.41, 5.74) is 1.05. The number of carbonyl (C=O) groups excluding carboxylic acids is 2. The predicted octanol–water partition coefficient (Wildman–Crippen LogP) is 3.79. The molecule has 0 spiro atoms. The molecule has 0 heterocycles. The highest BCUT2D eigenvalue weighted by Gasteiger charge is 2.57. The molecular formula is C20H24O4. The van der Waals surface area contributed by atoms with Gasteiger partial charge < -0.3 is 9.47 Å². The number of rotatable bonds is 5. The minimum atomic E-state index is -1.43. The summed E-state index contributed by atoms with van der Waals surface area (Å²) in [5.74, 6) is -1.60. The Morgan fingerprint density at radius 3 is 2.17 bits per heavy atom. The first kappa shape index (κ1) is 18.0. The van der Waals surface area contributed by atoms with Gasteiger partial charge in [-0.2, -0.15) is 0 Å². The lowest BCUT2D eigenvalue weighted by Gasteiger charge is -2.40. The van der Waals surface area contributed by atoms with Gasteiger partial charge in [-0.25, -0.2) is 0 Å². The summed E-state index contributed by atoms with van der Waals surface area (Å²) in [4.78, 5) is 25.8. The molecule has 1 unspecified atom stereocenters. The average Bonchev–Trinajstić information content (AvgIpc) is 2.55. The van der Waals surface area contributed by atoms with Gasteiger partial charge in [0.25, 0.3) is 0 Å². The third-order valence-corrected chi connectivity index (χ3v) is 4.27. The van der Waals surface area contributed by atoms with E-state index >= 15 is 0 Å². The number of hydrogen-bond donors (Lipinski definition) is 0. The second-order valence-corrected chi connectivity index (χ2v) is 6.00. The molecule has 2 rings (SSSR count). The second-order valence-electron chi connectivity index (χ2n) is 6.00. The van der Waals surface area contributed by atoms with Crippen molar-refractivity contribution >= 4 is 11.9 Å². The summed E-state index contributed by atoms with van der Waals surface area (Å²) in [7, 11) is 0. The fourth-order valence-corrected chi connectivity index (χ4v) is 3.44. The Morgan fingerprint density at radius 2 is 1.67 bits per heavy atom. The van der Waals surface area contributed by atoms with Crippen molar-refractivity contribution in [2.24, 2.45) is 5.41 Å². The van der Waals surface area contributed by atoms with Crippen LogP contribution >= 0.6 is 0 Å². The summed E-state index contributed by atoms with van der Waals surface area (Å²) in [5, 5.41) is 0. The van der Waals surface area contributed by atoms with Gasteiger partial charge in [0.2, 0.25) is 0 Å². The van der Waals surface area contributed by atoms with Crippen LogP contribution in [0.5, 0.6) is 0 Å². The van der Waals surface area contributed by atoms with Crippen LogP contribution in [0.25, 0.3) is 0 Å². The Balaban J connectivity index is 2.66. The van der Waals surface area contributed by atoms with Gasteiger partial charge in [-0.05, 0) is 38.3 Å². The fourth-order valence-electron chi connectivity index (χ4n) is 3.44. The Kier molecular flexibility index (Phi) is 5.60. The van der Waals surface area contributed by atoms with Crippen molar-refractivity contribution < 1.29 is 19.1 Å². The molecule has 0 amide bonds. The lowest BCUT2D eigenvalue weighted by Crippen LogP contribution is -2.48. The van der Waals surface area contributed by atoms with Crippen molar-refractivity contribution in [1.29, 1.82) is 0 Å². The second kappa shape index (κ2) is 7.47. The molecular weight excluding hydrogens is 304 g/mol.